The molecule has 0 radical (unpaired) electrons. The van der Waals surface area contributed by atoms with E-state index in [1.165, 1.54) is 0 Å². The normalized spacial score (nSPS) is 14.0. The number of aliphatic carboxylic acids is 2. The van der Waals surface area contributed by atoms with Crippen molar-refractivity contribution in [3.05, 3.63) is 36.0 Å². The maximum atomic E-state index is 13.3. The number of H-pyrrole nitrogens is 1. The van der Waals surface area contributed by atoms with E-state index in [4.69, 9.17) is 16.6 Å². The number of thiol groups is 1. The van der Waals surface area contributed by atoms with Crippen molar-refractivity contribution < 1.29 is 39.0 Å². The summed E-state index contributed by atoms with van der Waals surface area (Å²) < 4.78 is 0. The molecule has 0 saturated heterocycles. The lowest BCUT2D eigenvalue weighted by molar-refractivity contribution is -0.143. The Morgan fingerprint density at radius 1 is 0.872 bits per heavy atom. The lowest BCUT2D eigenvalue weighted by Crippen LogP contribution is -2.57. The zero-order valence-corrected chi connectivity index (χ0v) is 21.8. The molecule has 10 N–H and O–H groups in total. The van der Waals surface area contributed by atoms with Crippen LogP contribution in [-0.2, 0) is 35.2 Å². The van der Waals surface area contributed by atoms with Crippen molar-refractivity contribution in [1.29, 1.82) is 0 Å². The number of benzene rings is 1. The number of hydrogen-bond donors (Lipinski definition) is 9. The minimum absolute atomic E-state index is 0.00121. The van der Waals surface area contributed by atoms with Crippen LogP contribution in [-0.4, -0.2) is 80.7 Å². The number of hydrogen-bond acceptors (Lipinski definition) is 8. The Balaban J connectivity index is 2.29. The lowest BCUT2D eigenvalue weighted by Gasteiger charge is -2.25. The summed E-state index contributed by atoms with van der Waals surface area (Å²) in [6.07, 6.45) is 0.121. The van der Waals surface area contributed by atoms with E-state index in [0.717, 1.165) is 10.9 Å². The van der Waals surface area contributed by atoms with E-state index < -0.39 is 66.2 Å². The van der Waals surface area contributed by atoms with Crippen LogP contribution in [0.15, 0.2) is 30.5 Å². The summed E-state index contributed by atoms with van der Waals surface area (Å²) in [6, 6.07) is 2.03. The number of aromatic amines is 1. The number of carbonyl (C=O) groups excluding carboxylic acids is 4. The van der Waals surface area contributed by atoms with Crippen LogP contribution in [0.1, 0.15) is 31.2 Å². The highest BCUT2D eigenvalue weighted by Gasteiger charge is 2.31. The molecule has 39 heavy (non-hydrogen) atoms. The molecule has 2 rings (SSSR count). The SMILES string of the molecule is NC(=O)CCC(NC(=O)C(CCC(=O)O)NC(=O)C(Cc1c[nH]c2ccccc12)NC(=O)C(N)CS)C(=O)O. The van der Waals surface area contributed by atoms with Crippen LogP contribution >= 0.6 is 12.6 Å². The number of nitrogens with one attached hydrogen (secondary N) is 4. The molecule has 15 heteroatoms. The zero-order valence-electron chi connectivity index (χ0n) is 20.9. The van der Waals surface area contributed by atoms with Crippen molar-refractivity contribution in [2.45, 2.75) is 56.3 Å². The third-order valence-corrected chi connectivity index (χ3v) is 6.23. The van der Waals surface area contributed by atoms with E-state index in [1.807, 2.05) is 18.2 Å². The average molecular weight is 565 g/mol. The molecule has 1 aromatic carbocycles. The van der Waals surface area contributed by atoms with Crippen molar-refractivity contribution in [2.24, 2.45) is 11.5 Å². The lowest BCUT2D eigenvalue weighted by atomic mass is 10.0. The number of carbonyl (C=O) groups is 6. The summed E-state index contributed by atoms with van der Waals surface area (Å²) in [6.45, 7) is 0. The highest BCUT2D eigenvalue weighted by molar-refractivity contribution is 7.80. The van der Waals surface area contributed by atoms with Gasteiger partial charge >= 0.3 is 11.9 Å². The average Bonchev–Trinajstić information content (AvgIpc) is 3.29. The number of rotatable bonds is 16. The summed E-state index contributed by atoms with van der Waals surface area (Å²) in [7, 11) is 0. The monoisotopic (exact) mass is 564 g/mol. The Labute approximate surface area is 228 Å². The minimum atomic E-state index is -1.51. The molecular formula is C24H32N6O8S. The van der Waals surface area contributed by atoms with Gasteiger partial charge in [0.2, 0.25) is 23.6 Å². The summed E-state index contributed by atoms with van der Waals surface area (Å²) in [5.74, 6) is -5.96. The molecule has 1 aromatic heterocycles. The molecule has 14 nitrogen and oxygen atoms in total. The van der Waals surface area contributed by atoms with Gasteiger partial charge in [0, 0.05) is 42.1 Å². The van der Waals surface area contributed by atoms with Gasteiger partial charge in [-0.1, -0.05) is 18.2 Å². The molecule has 0 fully saturated rings. The number of amides is 4. The van der Waals surface area contributed by atoms with Gasteiger partial charge in [0.15, 0.2) is 0 Å². The van der Waals surface area contributed by atoms with Gasteiger partial charge in [-0.2, -0.15) is 12.6 Å². The Kier molecular flexibility index (Phi) is 11.7. The number of carboxylic acids is 2. The van der Waals surface area contributed by atoms with Gasteiger partial charge in [-0.05, 0) is 24.5 Å². The highest BCUT2D eigenvalue weighted by Crippen LogP contribution is 2.19. The summed E-state index contributed by atoms with van der Waals surface area (Å²) in [4.78, 5) is 75.6. The van der Waals surface area contributed by atoms with E-state index in [0.29, 0.717) is 5.56 Å². The number of aromatic nitrogens is 1. The van der Waals surface area contributed by atoms with E-state index >= 15 is 0 Å². The highest BCUT2D eigenvalue weighted by atomic mass is 32.1. The standard InChI is InChI=1S/C24H32N6O8S/c25-14(11-39)21(34)30-18(9-12-10-27-15-4-2-1-3-13(12)15)23(36)28-16(6-8-20(32)33)22(35)29-17(24(37)38)5-7-19(26)31/h1-4,10,14,16-18,27,39H,5-9,11,25H2,(H2,26,31)(H,28,36)(H,29,35)(H,30,34)(H,32,33)(H,37,38). The molecule has 4 unspecified atom stereocenters. The van der Waals surface area contributed by atoms with Crippen molar-refractivity contribution in [1.82, 2.24) is 20.9 Å². The Morgan fingerprint density at radius 3 is 2.08 bits per heavy atom. The van der Waals surface area contributed by atoms with E-state index in [2.05, 4.69) is 33.6 Å². The first kappa shape index (κ1) is 31.1. The van der Waals surface area contributed by atoms with Crippen LogP contribution in [0.5, 0.6) is 0 Å². The Bertz CT molecular complexity index is 1220. The molecule has 0 aliphatic carbocycles. The second kappa shape index (κ2) is 14.7. The topological polar surface area (TPSA) is 247 Å². The minimum Gasteiger partial charge on any atom is -0.481 e. The molecule has 2 aromatic rings. The summed E-state index contributed by atoms with van der Waals surface area (Å²) >= 11 is 4.00. The third kappa shape index (κ3) is 9.61. The Morgan fingerprint density at radius 2 is 1.46 bits per heavy atom. The van der Waals surface area contributed by atoms with Gasteiger partial charge in [-0.3, -0.25) is 24.0 Å². The molecular weight excluding hydrogens is 532 g/mol. The number of para-hydroxylation sites is 1. The molecule has 212 valence electrons. The maximum absolute atomic E-state index is 13.3. The van der Waals surface area contributed by atoms with Crippen LogP contribution in [0.4, 0.5) is 0 Å². The second-order valence-electron chi connectivity index (χ2n) is 8.81. The fraction of sp³-hybridized carbons (Fsp3) is 0.417. The van der Waals surface area contributed by atoms with E-state index in [-0.39, 0.29) is 31.4 Å². The van der Waals surface area contributed by atoms with Crippen LogP contribution in [0.25, 0.3) is 10.9 Å². The first-order valence-corrected chi connectivity index (χ1v) is 12.6. The van der Waals surface area contributed by atoms with Crippen molar-refractivity contribution >= 4 is 59.1 Å². The second-order valence-corrected chi connectivity index (χ2v) is 9.18. The number of nitrogens with two attached hydrogens (primary N) is 2. The van der Waals surface area contributed by atoms with Gasteiger partial charge in [0.25, 0.3) is 0 Å². The van der Waals surface area contributed by atoms with Gasteiger partial charge in [-0.25, -0.2) is 4.79 Å². The molecule has 0 aliphatic heterocycles. The molecule has 0 aliphatic rings. The molecule has 0 bridgehead atoms. The van der Waals surface area contributed by atoms with E-state index in [9.17, 15) is 33.9 Å². The Hall–Kier alpha value is -4.11. The van der Waals surface area contributed by atoms with Crippen molar-refractivity contribution in [3.8, 4) is 0 Å². The first-order valence-electron chi connectivity index (χ1n) is 12.0. The molecule has 4 atom stereocenters. The van der Waals surface area contributed by atoms with Gasteiger partial charge in [0.1, 0.15) is 18.1 Å². The number of primary amides is 1. The van der Waals surface area contributed by atoms with Crippen LogP contribution in [0.3, 0.4) is 0 Å². The van der Waals surface area contributed by atoms with Crippen LogP contribution in [0.2, 0.25) is 0 Å². The summed E-state index contributed by atoms with van der Waals surface area (Å²) in [5, 5.41) is 26.5. The third-order valence-electron chi connectivity index (χ3n) is 5.84. The fourth-order valence-corrected chi connectivity index (χ4v) is 3.88. The van der Waals surface area contributed by atoms with Crippen LogP contribution < -0.4 is 27.4 Å². The first-order chi connectivity index (χ1) is 18.4. The molecule has 4 amide bonds. The molecule has 1 heterocycles. The largest absolute Gasteiger partial charge is 0.481 e. The van der Waals surface area contributed by atoms with Crippen LogP contribution in [0, 0.1) is 0 Å². The van der Waals surface area contributed by atoms with E-state index in [1.54, 1.807) is 12.3 Å². The van der Waals surface area contributed by atoms with Crippen molar-refractivity contribution in [3.63, 3.8) is 0 Å². The van der Waals surface area contributed by atoms with Gasteiger partial charge < -0.3 is 42.6 Å². The predicted molar refractivity (Wildman–Crippen MR) is 143 cm³/mol. The fourth-order valence-electron chi connectivity index (χ4n) is 3.72. The van der Waals surface area contributed by atoms with Gasteiger partial charge in [0.05, 0.1) is 6.04 Å². The maximum Gasteiger partial charge on any atom is 0.326 e. The summed E-state index contributed by atoms with van der Waals surface area (Å²) in [5.41, 5.74) is 12.3. The number of fused-ring (bicyclic) bond motifs is 1. The van der Waals surface area contributed by atoms with Gasteiger partial charge in [-0.15, -0.1) is 0 Å². The predicted octanol–water partition coefficient (Wildman–Crippen LogP) is -1.36. The van der Waals surface area contributed by atoms with Crippen molar-refractivity contribution in [2.75, 3.05) is 5.75 Å². The zero-order chi connectivity index (χ0) is 29.1. The smallest absolute Gasteiger partial charge is 0.326 e. The quantitative estimate of drug-likeness (QED) is 0.109. The molecule has 0 spiro atoms. The molecule has 0 saturated carbocycles. The number of carboxylic acid groups (broad SMARTS) is 2.